The minimum atomic E-state index is -0.458. The van der Waals surface area contributed by atoms with Crippen LogP contribution in [0.25, 0.3) is 0 Å². The molecule has 0 heterocycles. The van der Waals surface area contributed by atoms with Gasteiger partial charge in [-0.25, -0.2) is 4.79 Å². The third-order valence-corrected chi connectivity index (χ3v) is 3.85. The third kappa shape index (κ3) is 6.06. The molecule has 2 rings (SSSR count). The number of ether oxygens (including phenoxy) is 1. The fourth-order valence-corrected chi connectivity index (χ4v) is 2.38. The van der Waals surface area contributed by atoms with Crippen molar-refractivity contribution in [1.29, 1.82) is 0 Å². The quantitative estimate of drug-likeness (QED) is 0.844. The Morgan fingerprint density at radius 1 is 1.14 bits per heavy atom. The maximum Gasteiger partial charge on any atom is 0.407 e. The van der Waals surface area contributed by atoms with Crippen LogP contribution in [0.1, 0.15) is 51.2 Å². The fourth-order valence-electron chi connectivity index (χ4n) is 2.38. The van der Waals surface area contributed by atoms with Crippen LogP contribution in [0.5, 0.6) is 0 Å². The Hall–Kier alpha value is -1.55. The van der Waals surface area contributed by atoms with Gasteiger partial charge < -0.3 is 15.4 Å². The first kappa shape index (κ1) is 16.8. The van der Waals surface area contributed by atoms with Gasteiger partial charge in [0.15, 0.2) is 0 Å². The summed E-state index contributed by atoms with van der Waals surface area (Å²) in [7, 11) is 0. The van der Waals surface area contributed by atoms with E-state index in [1.165, 1.54) is 24.8 Å². The summed E-state index contributed by atoms with van der Waals surface area (Å²) in [5.41, 5.74) is 1.90. The molecule has 0 bridgehead atoms. The van der Waals surface area contributed by atoms with E-state index >= 15 is 0 Å². The number of nitrogens with one attached hydrogen (secondary N) is 2. The first-order chi connectivity index (χ1) is 10.4. The van der Waals surface area contributed by atoms with E-state index < -0.39 is 5.60 Å². The molecule has 4 nitrogen and oxygen atoms in total. The van der Waals surface area contributed by atoms with E-state index in [9.17, 15) is 4.79 Å². The van der Waals surface area contributed by atoms with Crippen molar-refractivity contribution in [3.05, 3.63) is 35.4 Å². The van der Waals surface area contributed by atoms with Gasteiger partial charge in [-0.1, -0.05) is 30.7 Å². The highest BCUT2D eigenvalue weighted by atomic mass is 16.6. The summed E-state index contributed by atoms with van der Waals surface area (Å²) in [5.74, 6) is 0.886. The van der Waals surface area contributed by atoms with Gasteiger partial charge in [0.1, 0.15) is 5.60 Å². The molecule has 1 fully saturated rings. The average molecular weight is 304 g/mol. The number of carbonyl (C=O) groups excluding carboxylic acids is 1. The minimum absolute atomic E-state index is 0.376. The SMILES string of the molecule is CC(C)(C)OC(=O)NCc1ccc(CNCC2CCC2)cc1. The fraction of sp³-hybridized carbons (Fsp3) is 0.611. The molecule has 1 aromatic carbocycles. The van der Waals surface area contributed by atoms with Crippen molar-refractivity contribution in [2.24, 2.45) is 5.92 Å². The van der Waals surface area contributed by atoms with Crippen LogP contribution < -0.4 is 10.6 Å². The van der Waals surface area contributed by atoms with E-state index in [1.54, 1.807) is 0 Å². The molecule has 0 spiro atoms. The molecule has 0 atom stereocenters. The predicted octanol–water partition coefficient (Wildman–Crippen LogP) is 3.60. The van der Waals surface area contributed by atoms with E-state index in [0.29, 0.717) is 6.54 Å². The van der Waals surface area contributed by atoms with Crippen molar-refractivity contribution in [1.82, 2.24) is 10.6 Å². The zero-order chi connectivity index (χ0) is 16.0. The Kier molecular flexibility index (Phi) is 5.83. The number of carbonyl (C=O) groups is 1. The van der Waals surface area contributed by atoms with Gasteiger partial charge in [-0.05, 0) is 57.2 Å². The average Bonchev–Trinajstić information content (AvgIpc) is 2.39. The lowest BCUT2D eigenvalue weighted by molar-refractivity contribution is 0.0523. The molecular formula is C18H28N2O2. The van der Waals surface area contributed by atoms with Gasteiger partial charge in [-0.3, -0.25) is 0 Å². The Morgan fingerprint density at radius 3 is 2.23 bits per heavy atom. The Balaban J connectivity index is 1.68. The van der Waals surface area contributed by atoms with Crippen molar-refractivity contribution in [2.45, 2.75) is 58.7 Å². The van der Waals surface area contributed by atoms with Gasteiger partial charge in [-0.2, -0.15) is 0 Å². The van der Waals surface area contributed by atoms with Gasteiger partial charge in [-0.15, -0.1) is 0 Å². The first-order valence-electron chi connectivity index (χ1n) is 8.18. The van der Waals surface area contributed by atoms with Crippen molar-refractivity contribution in [3.63, 3.8) is 0 Å². The molecule has 0 radical (unpaired) electrons. The largest absolute Gasteiger partial charge is 0.444 e. The van der Waals surface area contributed by atoms with Crippen LogP contribution in [0.4, 0.5) is 4.79 Å². The number of hydrogen-bond acceptors (Lipinski definition) is 3. The van der Waals surface area contributed by atoms with Crippen molar-refractivity contribution >= 4 is 6.09 Å². The van der Waals surface area contributed by atoms with Crippen LogP contribution in [0.3, 0.4) is 0 Å². The van der Waals surface area contributed by atoms with E-state index in [1.807, 2.05) is 20.8 Å². The molecule has 1 aliphatic rings. The molecule has 122 valence electrons. The maximum atomic E-state index is 11.6. The highest BCUT2D eigenvalue weighted by molar-refractivity contribution is 5.67. The monoisotopic (exact) mass is 304 g/mol. The molecule has 1 amide bonds. The second-order valence-corrected chi connectivity index (χ2v) is 7.10. The lowest BCUT2D eigenvalue weighted by atomic mass is 9.85. The van der Waals surface area contributed by atoms with Gasteiger partial charge in [0.2, 0.25) is 0 Å². The summed E-state index contributed by atoms with van der Waals surface area (Å²) >= 11 is 0. The molecule has 0 saturated heterocycles. The van der Waals surface area contributed by atoms with Gasteiger partial charge in [0.25, 0.3) is 0 Å². The first-order valence-corrected chi connectivity index (χ1v) is 8.18. The van der Waals surface area contributed by atoms with Crippen molar-refractivity contribution in [2.75, 3.05) is 6.54 Å². The molecule has 0 unspecified atom stereocenters. The molecule has 1 saturated carbocycles. The zero-order valence-electron chi connectivity index (χ0n) is 13.9. The summed E-state index contributed by atoms with van der Waals surface area (Å²) in [4.78, 5) is 11.6. The summed E-state index contributed by atoms with van der Waals surface area (Å²) < 4.78 is 5.21. The molecule has 1 aliphatic carbocycles. The van der Waals surface area contributed by atoms with Gasteiger partial charge in [0.05, 0.1) is 0 Å². The number of benzene rings is 1. The smallest absolute Gasteiger partial charge is 0.407 e. The van der Waals surface area contributed by atoms with Gasteiger partial charge >= 0.3 is 6.09 Å². The summed E-state index contributed by atoms with van der Waals surface area (Å²) in [5, 5.41) is 6.28. The zero-order valence-corrected chi connectivity index (χ0v) is 13.9. The van der Waals surface area contributed by atoms with Crippen LogP contribution in [0, 0.1) is 5.92 Å². The highest BCUT2D eigenvalue weighted by Crippen LogP contribution is 2.25. The highest BCUT2D eigenvalue weighted by Gasteiger charge is 2.16. The Morgan fingerprint density at radius 2 is 1.73 bits per heavy atom. The van der Waals surface area contributed by atoms with Crippen LogP contribution in [-0.4, -0.2) is 18.2 Å². The second kappa shape index (κ2) is 7.63. The molecule has 0 aromatic heterocycles. The minimum Gasteiger partial charge on any atom is -0.444 e. The van der Waals surface area contributed by atoms with E-state index in [-0.39, 0.29) is 6.09 Å². The predicted molar refractivity (Wildman–Crippen MR) is 88.6 cm³/mol. The molecule has 22 heavy (non-hydrogen) atoms. The standard InChI is InChI=1S/C18H28N2O2/c1-18(2,3)22-17(21)20-13-16-9-7-15(8-10-16)12-19-11-14-5-4-6-14/h7-10,14,19H,4-6,11-13H2,1-3H3,(H,20,21). The lowest BCUT2D eigenvalue weighted by Crippen LogP contribution is -2.32. The number of hydrogen-bond donors (Lipinski definition) is 2. The van der Waals surface area contributed by atoms with E-state index in [2.05, 4.69) is 34.9 Å². The van der Waals surface area contributed by atoms with Gasteiger partial charge in [0, 0.05) is 13.1 Å². The summed E-state index contributed by atoms with van der Waals surface area (Å²) in [6.45, 7) is 8.11. The van der Waals surface area contributed by atoms with Crippen LogP contribution in [0.2, 0.25) is 0 Å². The number of alkyl carbamates (subject to hydrolysis) is 1. The van der Waals surface area contributed by atoms with E-state index in [4.69, 9.17) is 4.74 Å². The Labute approximate surface area is 133 Å². The normalized spacial score (nSPS) is 15.2. The topological polar surface area (TPSA) is 50.4 Å². The summed E-state index contributed by atoms with van der Waals surface area (Å²) in [6, 6.07) is 8.33. The maximum absolute atomic E-state index is 11.6. The molecular weight excluding hydrogens is 276 g/mol. The number of amides is 1. The lowest BCUT2D eigenvalue weighted by Gasteiger charge is -2.25. The Bertz CT molecular complexity index is 473. The third-order valence-electron chi connectivity index (χ3n) is 3.85. The molecule has 1 aromatic rings. The molecule has 0 aliphatic heterocycles. The van der Waals surface area contributed by atoms with Crippen LogP contribution in [0.15, 0.2) is 24.3 Å². The molecule has 4 heteroatoms. The summed E-state index contributed by atoms with van der Waals surface area (Å²) in [6.07, 6.45) is 3.77. The van der Waals surface area contributed by atoms with Crippen molar-refractivity contribution < 1.29 is 9.53 Å². The van der Waals surface area contributed by atoms with Crippen molar-refractivity contribution in [3.8, 4) is 0 Å². The van der Waals surface area contributed by atoms with E-state index in [0.717, 1.165) is 24.6 Å². The number of rotatable bonds is 6. The second-order valence-electron chi connectivity index (χ2n) is 7.10. The van der Waals surface area contributed by atoms with Crippen LogP contribution in [-0.2, 0) is 17.8 Å². The van der Waals surface area contributed by atoms with Crippen LogP contribution >= 0.6 is 0 Å². The molecule has 2 N–H and O–H groups in total.